The third-order valence-electron chi connectivity index (χ3n) is 3.33. The molecule has 0 aromatic heterocycles. The Kier molecular flexibility index (Phi) is 5.14. The van der Waals surface area contributed by atoms with E-state index in [0.717, 1.165) is 24.9 Å². The maximum absolute atomic E-state index is 12.2. The first-order chi connectivity index (χ1) is 9.58. The van der Waals surface area contributed by atoms with E-state index in [-0.39, 0.29) is 11.9 Å². The van der Waals surface area contributed by atoms with Gasteiger partial charge in [-0.25, -0.2) is 0 Å². The molecule has 1 saturated heterocycles. The molecule has 20 heavy (non-hydrogen) atoms. The van der Waals surface area contributed by atoms with Gasteiger partial charge in [0, 0.05) is 13.1 Å². The van der Waals surface area contributed by atoms with Crippen LogP contribution >= 0.6 is 0 Å². The molecule has 1 aromatic rings. The predicted octanol–water partition coefficient (Wildman–Crippen LogP) is 2.25. The second-order valence-electron chi connectivity index (χ2n) is 4.89. The lowest BCUT2D eigenvalue weighted by molar-refractivity contribution is -0.0512. The van der Waals surface area contributed by atoms with Crippen LogP contribution in [0.4, 0.5) is 8.78 Å². The van der Waals surface area contributed by atoms with E-state index in [4.69, 9.17) is 4.74 Å². The van der Waals surface area contributed by atoms with Crippen molar-refractivity contribution < 1.29 is 23.4 Å². The lowest BCUT2D eigenvalue weighted by Crippen LogP contribution is -2.37. The lowest BCUT2D eigenvalue weighted by Gasteiger charge is -2.30. The fourth-order valence-electron chi connectivity index (χ4n) is 2.44. The highest BCUT2D eigenvalue weighted by Gasteiger charge is 2.18. The topological polar surface area (TPSA) is 41.9 Å². The summed E-state index contributed by atoms with van der Waals surface area (Å²) >= 11 is 0. The van der Waals surface area contributed by atoms with Crippen molar-refractivity contribution >= 4 is 0 Å². The van der Waals surface area contributed by atoms with Crippen LogP contribution < -0.4 is 9.47 Å². The zero-order valence-corrected chi connectivity index (χ0v) is 11.4. The van der Waals surface area contributed by atoms with Crippen molar-refractivity contribution in [2.75, 3.05) is 20.2 Å². The number of hydrogen-bond acceptors (Lipinski definition) is 4. The molecule has 1 N–H and O–H groups in total. The molecular formula is C14H19F2NO3. The molecule has 0 radical (unpaired) electrons. The zero-order chi connectivity index (χ0) is 14.5. The third-order valence-corrected chi connectivity index (χ3v) is 3.33. The molecular weight excluding hydrogens is 268 g/mol. The fourth-order valence-corrected chi connectivity index (χ4v) is 2.44. The molecule has 1 aromatic carbocycles. The van der Waals surface area contributed by atoms with Crippen LogP contribution in [0.15, 0.2) is 18.2 Å². The van der Waals surface area contributed by atoms with E-state index in [9.17, 15) is 13.9 Å². The number of halogens is 2. The Labute approximate surface area is 116 Å². The van der Waals surface area contributed by atoms with Gasteiger partial charge in [-0.1, -0.05) is 6.07 Å². The second-order valence-corrected chi connectivity index (χ2v) is 4.89. The summed E-state index contributed by atoms with van der Waals surface area (Å²) in [5.41, 5.74) is 0.942. The molecule has 0 bridgehead atoms. The smallest absolute Gasteiger partial charge is 0.387 e. The normalized spacial score (nSPS) is 20.1. The predicted molar refractivity (Wildman–Crippen MR) is 70.1 cm³/mol. The van der Waals surface area contributed by atoms with Gasteiger partial charge in [-0.3, -0.25) is 4.90 Å². The maximum atomic E-state index is 12.2. The number of piperidine rings is 1. The number of aliphatic hydroxyl groups excluding tert-OH is 1. The molecule has 0 spiro atoms. The summed E-state index contributed by atoms with van der Waals surface area (Å²) in [6.45, 7) is -0.652. The average Bonchev–Trinajstić information content (AvgIpc) is 2.40. The minimum atomic E-state index is -2.87. The molecule has 2 rings (SSSR count). The number of rotatable bonds is 5. The summed E-state index contributed by atoms with van der Waals surface area (Å²) in [7, 11) is 1.42. The molecule has 1 aliphatic rings. The summed E-state index contributed by atoms with van der Waals surface area (Å²) in [6.07, 6.45) is 1.51. The van der Waals surface area contributed by atoms with Crippen molar-refractivity contribution in [3.8, 4) is 11.5 Å². The van der Waals surface area contributed by atoms with Crippen molar-refractivity contribution in [1.29, 1.82) is 0 Å². The van der Waals surface area contributed by atoms with Crippen molar-refractivity contribution in [1.82, 2.24) is 4.90 Å². The van der Waals surface area contributed by atoms with Gasteiger partial charge in [-0.05, 0) is 37.1 Å². The summed E-state index contributed by atoms with van der Waals surface area (Å²) in [4.78, 5) is 2.14. The first-order valence-electron chi connectivity index (χ1n) is 6.60. The molecule has 1 atom stereocenters. The van der Waals surface area contributed by atoms with Crippen LogP contribution in [-0.2, 0) is 6.54 Å². The number of alkyl halides is 2. The van der Waals surface area contributed by atoms with Crippen LogP contribution in [0.25, 0.3) is 0 Å². The number of hydrogen-bond donors (Lipinski definition) is 1. The van der Waals surface area contributed by atoms with Crippen molar-refractivity contribution in [3.63, 3.8) is 0 Å². The van der Waals surface area contributed by atoms with Crippen LogP contribution in [0, 0.1) is 0 Å². The Morgan fingerprint density at radius 1 is 1.40 bits per heavy atom. The number of likely N-dealkylation sites (tertiary alicyclic amines) is 1. The van der Waals surface area contributed by atoms with E-state index in [1.54, 1.807) is 12.1 Å². The third kappa shape index (κ3) is 4.05. The van der Waals surface area contributed by atoms with Gasteiger partial charge in [0.15, 0.2) is 11.5 Å². The average molecular weight is 287 g/mol. The van der Waals surface area contributed by atoms with Gasteiger partial charge in [0.1, 0.15) is 0 Å². The summed E-state index contributed by atoms with van der Waals surface area (Å²) in [5, 5.41) is 9.63. The number of ether oxygens (including phenoxy) is 2. The van der Waals surface area contributed by atoms with E-state index in [2.05, 4.69) is 9.64 Å². The summed E-state index contributed by atoms with van der Waals surface area (Å²) in [5.74, 6) is 0.324. The minimum absolute atomic E-state index is 0.0323. The van der Waals surface area contributed by atoms with Gasteiger partial charge in [0.05, 0.1) is 13.2 Å². The van der Waals surface area contributed by atoms with Crippen molar-refractivity contribution in [2.45, 2.75) is 32.1 Å². The van der Waals surface area contributed by atoms with Crippen LogP contribution in [0.5, 0.6) is 11.5 Å². The molecule has 112 valence electrons. The van der Waals surface area contributed by atoms with Gasteiger partial charge >= 0.3 is 6.61 Å². The van der Waals surface area contributed by atoms with Crippen LogP contribution in [-0.4, -0.2) is 42.9 Å². The van der Waals surface area contributed by atoms with Crippen LogP contribution in [0.3, 0.4) is 0 Å². The second kappa shape index (κ2) is 6.85. The van der Waals surface area contributed by atoms with Crippen LogP contribution in [0.1, 0.15) is 18.4 Å². The molecule has 6 heteroatoms. The molecule has 0 saturated carbocycles. The molecule has 1 unspecified atom stereocenters. The van der Waals surface area contributed by atoms with Gasteiger partial charge in [-0.15, -0.1) is 0 Å². The molecule has 0 aliphatic carbocycles. The highest BCUT2D eigenvalue weighted by Crippen LogP contribution is 2.30. The Morgan fingerprint density at radius 2 is 2.20 bits per heavy atom. The Balaban J connectivity index is 2.05. The van der Waals surface area contributed by atoms with E-state index >= 15 is 0 Å². The number of methoxy groups -OCH3 is 1. The molecule has 1 heterocycles. The molecule has 1 aliphatic heterocycles. The van der Waals surface area contributed by atoms with Crippen molar-refractivity contribution in [3.05, 3.63) is 23.8 Å². The van der Waals surface area contributed by atoms with Crippen molar-refractivity contribution in [2.24, 2.45) is 0 Å². The summed E-state index contributed by atoms with van der Waals surface area (Å²) < 4.78 is 33.9. The Morgan fingerprint density at radius 3 is 2.85 bits per heavy atom. The van der Waals surface area contributed by atoms with E-state index in [0.29, 0.717) is 18.8 Å². The van der Waals surface area contributed by atoms with Gasteiger partial charge < -0.3 is 14.6 Å². The quantitative estimate of drug-likeness (QED) is 0.902. The van der Waals surface area contributed by atoms with Gasteiger partial charge in [0.2, 0.25) is 0 Å². The molecule has 1 fully saturated rings. The van der Waals surface area contributed by atoms with Crippen LogP contribution in [0.2, 0.25) is 0 Å². The SMILES string of the molecule is COc1cc(CN2CCCC(O)C2)ccc1OC(F)F. The van der Waals surface area contributed by atoms with E-state index in [1.165, 1.54) is 13.2 Å². The summed E-state index contributed by atoms with van der Waals surface area (Å²) in [6, 6.07) is 4.92. The largest absolute Gasteiger partial charge is 0.493 e. The van der Waals surface area contributed by atoms with Gasteiger partial charge in [-0.2, -0.15) is 8.78 Å². The highest BCUT2D eigenvalue weighted by molar-refractivity contribution is 5.43. The standard InChI is InChI=1S/C14H19F2NO3/c1-19-13-7-10(4-5-12(13)20-14(15)16)8-17-6-2-3-11(18)9-17/h4-5,7,11,14,18H,2-3,6,8-9H2,1H3. The van der Waals surface area contributed by atoms with Gasteiger partial charge in [0.25, 0.3) is 0 Å². The van der Waals surface area contributed by atoms with E-state index < -0.39 is 6.61 Å². The number of nitrogens with zero attached hydrogens (tertiary/aromatic N) is 1. The zero-order valence-electron chi connectivity index (χ0n) is 11.4. The Bertz CT molecular complexity index is 442. The monoisotopic (exact) mass is 287 g/mol. The van der Waals surface area contributed by atoms with E-state index in [1.807, 2.05) is 0 Å². The fraction of sp³-hybridized carbons (Fsp3) is 0.571. The number of benzene rings is 1. The first-order valence-corrected chi connectivity index (χ1v) is 6.60. The minimum Gasteiger partial charge on any atom is -0.493 e. The maximum Gasteiger partial charge on any atom is 0.387 e. The lowest BCUT2D eigenvalue weighted by atomic mass is 10.1. The Hall–Kier alpha value is -1.40. The first kappa shape index (κ1) is 15.0. The molecule has 4 nitrogen and oxygen atoms in total. The number of aliphatic hydroxyl groups is 1. The number of β-amino-alcohol motifs (C(OH)–C–C–N with tert-alkyl or cyclic N) is 1. The molecule has 0 amide bonds. The highest BCUT2D eigenvalue weighted by atomic mass is 19.3.